The van der Waals surface area contributed by atoms with Gasteiger partial charge >= 0.3 is 12.2 Å². The number of carbonyl (C=O) groups excluding carboxylic acids is 4. The van der Waals surface area contributed by atoms with E-state index in [2.05, 4.69) is 30.6 Å². The summed E-state index contributed by atoms with van der Waals surface area (Å²) in [6.45, 7) is 6.77. The van der Waals surface area contributed by atoms with Gasteiger partial charge in [0.15, 0.2) is 0 Å². The van der Waals surface area contributed by atoms with Crippen molar-refractivity contribution in [3.8, 4) is 34.0 Å². The lowest BCUT2D eigenvalue weighted by molar-refractivity contribution is -0.138. The Hall–Kier alpha value is -5.97. The van der Waals surface area contributed by atoms with Crippen LogP contribution in [0.2, 0.25) is 0 Å². The standard InChI is InChI=1S/C43H53FN8O8/c1-7-23(3)36(49-42(55)58-5)40(53)51-15-9-12-32(51)39-46-22-30(48-39)27-20-35-26(19-28(27)44)18-25-17-24(13-14-34(25)60-35)29-21-45-38(47-29)31-11-10-16-52(31)41(54)37(33(8-2)57-4)50-43(56)59-6/h13-14,17,19-23,31-33,36-37H,7-12,15-16,18H2,1-6H3,(H,45,47)(H,46,48)(H,49,55)(H,50,56)/t23-,31-,32-,33+,36-,37-/m0/s1. The number of nitrogens with zero attached hydrogens (tertiary/aromatic N) is 4. The number of amides is 4. The van der Waals surface area contributed by atoms with Crippen molar-refractivity contribution in [3.63, 3.8) is 0 Å². The molecule has 4 aromatic rings. The molecule has 0 saturated carbocycles. The van der Waals surface area contributed by atoms with Crippen LogP contribution in [0.5, 0.6) is 11.5 Å². The molecule has 3 aliphatic rings. The molecular formula is C43H53FN8O8. The molecule has 0 aliphatic carbocycles. The van der Waals surface area contributed by atoms with Crippen LogP contribution in [0, 0.1) is 11.7 Å². The van der Waals surface area contributed by atoms with E-state index in [9.17, 15) is 19.2 Å². The quantitative estimate of drug-likeness (QED) is 0.101. The second kappa shape index (κ2) is 18.1. The number of methoxy groups -OCH3 is 3. The molecule has 2 aromatic heterocycles. The molecule has 0 spiro atoms. The van der Waals surface area contributed by atoms with Crippen molar-refractivity contribution >= 4 is 24.0 Å². The summed E-state index contributed by atoms with van der Waals surface area (Å²) >= 11 is 0. The summed E-state index contributed by atoms with van der Waals surface area (Å²) in [4.78, 5) is 71.3. The lowest BCUT2D eigenvalue weighted by Gasteiger charge is -2.31. The zero-order chi connectivity index (χ0) is 42.7. The van der Waals surface area contributed by atoms with E-state index in [1.807, 2.05) is 39.0 Å². The number of H-pyrrole nitrogens is 2. The topological polar surface area (TPSA) is 193 Å². The van der Waals surface area contributed by atoms with Crippen LogP contribution in [0.3, 0.4) is 0 Å². The second-order valence-corrected chi connectivity index (χ2v) is 15.6. The minimum atomic E-state index is -0.921. The first kappa shape index (κ1) is 42.2. The lowest BCUT2D eigenvalue weighted by Crippen LogP contribution is -2.54. The highest BCUT2D eigenvalue weighted by Gasteiger charge is 2.40. The SMILES string of the molecule is CC[C@H](C)[C@H](NC(=O)OC)C(=O)N1CCC[C@H]1c1ncc(-c2cc3c(cc2F)Cc2cc(-c4cnc([C@@H]5CCCN5C(=O)[C@@H](NC(=O)OC)[C@@H](CC)OC)[nH]4)ccc2O3)[nH]1. The van der Waals surface area contributed by atoms with Gasteiger partial charge in [0.25, 0.3) is 0 Å². The second-order valence-electron chi connectivity index (χ2n) is 15.6. The predicted molar refractivity (Wildman–Crippen MR) is 217 cm³/mol. The Labute approximate surface area is 347 Å². The van der Waals surface area contributed by atoms with Crippen molar-refractivity contribution in [2.45, 2.75) is 96.0 Å². The van der Waals surface area contributed by atoms with E-state index < -0.39 is 36.2 Å². The number of hydrogen-bond donors (Lipinski definition) is 4. The normalized spacial score (nSPS) is 19.1. The Balaban J connectivity index is 1.06. The average Bonchev–Trinajstić information content (AvgIpc) is 4.11. The lowest BCUT2D eigenvalue weighted by atomic mass is 9.96. The van der Waals surface area contributed by atoms with E-state index in [1.54, 1.807) is 28.3 Å². The van der Waals surface area contributed by atoms with Crippen LogP contribution < -0.4 is 15.4 Å². The Bertz CT molecular complexity index is 2220. The van der Waals surface area contributed by atoms with E-state index in [0.29, 0.717) is 79.6 Å². The molecule has 7 rings (SSSR count). The van der Waals surface area contributed by atoms with Crippen molar-refractivity contribution in [1.29, 1.82) is 0 Å². The molecule has 60 heavy (non-hydrogen) atoms. The molecule has 17 heteroatoms. The molecule has 0 radical (unpaired) electrons. The number of aromatic amines is 2. The first-order valence-corrected chi connectivity index (χ1v) is 20.5. The number of aromatic nitrogens is 4. The van der Waals surface area contributed by atoms with Gasteiger partial charge in [-0.05, 0) is 73.9 Å². The molecular weight excluding hydrogens is 776 g/mol. The van der Waals surface area contributed by atoms with E-state index in [0.717, 1.165) is 29.7 Å². The fourth-order valence-corrected chi connectivity index (χ4v) is 8.53. The smallest absolute Gasteiger partial charge is 0.407 e. The van der Waals surface area contributed by atoms with Gasteiger partial charge in [-0.1, -0.05) is 27.2 Å². The van der Waals surface area contributed by atoms with Crippen molar-refractivity contribution in [2.24, 2.45) is 5.92 Å². The average molecular weight is 829 g/mol. The number of ether oxygens (including phenoxy) is 4. The molecule has 2 aromatic carbocycles. The van der Waals surface area contributed by atoms with Crippen molar-refractivity contribution < 1.29 is 42.5 Å². The van der Waals surface area contributed by atoms with Gasteiger partial charge in [0.2, 0.25) is 11.8 Å². The summed E-state index contributed by atoms with van der Waals surface area (Å²) in [5, 5.41) is 5.36. The number of likely N-dealkylation sites (tertiary alicyclic amines) is 2. The van der Waals surface area contributed by atoms with E-state index in [-0.39, 0.29) is 35.4 Å². The summed E-state index contributed by atoms with van der Waals surface area (Å²) in [7, 11) is 4.03. The van der Waals surface area contributed by atoms with Gasteiger partial charge in [0, 0.05) is 43.3 Å². The number of fused-ring (bicyclic) bond motifs is 2. The van der Waals surface area contributed by atoms with Gasteiger partial charge in [0.1, 0.15) is 41.0 Å². The summed E-state index contributed by atoms with van der Waals surface area (Å²) < 4.78 is 37.4. The summed E-state index contributed by atoms with van der Waals surface area (Å²) in [6.07, 6.45) is 5.91. The van der Waals surface area contributed by atoms with Crippen LogP contribution in [0.4, 0.5) is 14.0 Å². The number of rotatable bonds is 13. The van der Waals surface area contributed by atoms with Crippen LogP contribution in [-0.2, 0) is 30.2 Å². The maximum absolute atomic E-state index is 15.9. The van der Waals surface area contributed by atoms with Gasteiger partial charge in [-0.2, -0.15) is 0 Å². The van der Waals surface area contributed by atoms with Gasteiger partial charge in [-0.3, -0.25) is 9.59 Å². The van der Waals surface area contributed by atoms with E-state index in [4.69, 9.17) is 18.9 Å². The Kier molecular flexibility index (Phi) is 12.7. The third kappa shape index (κ3) is 8.40. The highest BCUT2D eigenvalue weighted by atomic mass is 19.1. The number of nitrogens with one attached hydrogen (secondary N) is 4. The molecule has 4 N–H and O–H groups in total. The fourth-order valence-electron chi connectivity index (χ4n) is 8.53. The zero-order valence-corrected chi connectivity index (χ0v) is 34.8. The molecule has 0 bridgehead atoms. The van der Waals surface area contributed by atoms with Crippen molar-refractivity contribution in [3.05, 3.63) is 71.3 Å². The molecule has 320 valence electrons. The minimum absolute atomic E-state index is 0.120. The van der Waals surface area contributed by atoms with Crippen molar-refractivity contribution in [2.75, 3.05) is 34.4 Å². The van der Waals surface area contributed by atoms with Gasteiger partial charge in [0.05, 0.1) is 56.2 Å². The molecule has 3 aliphatic heterocycles. The number of hydrogen-bond acceptors (Lipinski definition) is 10. The van der Waals surface area contributed by atoms with E-state index in [1.165, 1.54) is 27.4 Å². The maximum Gasteiger partial charge on any atom is 0.407 e. The first-order valence-electron chi connectivity index (χ1n) is 20.5. The summed E-state index contributed by atoms with van der Waals surface area (Å²) in [5.41, 5.74) is 3.90. The van der Waals surface area contributed by atoms with Crippen LogP contribution in [-0.4, -0.2) is 106 Å². The predicted octanol–water partition coefficient (Wildman–Crippen LogP) is 6.55. The number of benzene rings is 2. The third-order valence-electron chi connectivity index (χ3n) is 12.0. The molecule has 2 saturated heterocycles. The molecule has 6 atom stereocenters. The number of halogens is 1. The van der Waals surface area contributed by atoms with E-state index >= 15 is 4.39 Å². The highest BCUT2D eigenvalue weighted by molar-refractivity contribution is 5.87. The van der Waals surface area contributed by atoms with Crippen LogP contribution in [0.1, 0.15) is 94.2 Å². The largest absolute Gasteiger partial charge is 0.457 e. The number of alkyl carbamates (subject to hydrolysis) is 2. The number of carbonyl (C=O) groups is 4. The van der Waals surface area contributed by atoms with Crippen LogP contribution in [0.25, 0.3) is 22.5 Å². The Morgan fingerprint density at radius 1 is 0.817 bits per heavy atom. The Morgan fingerprint density at radius 3 is 2.00 bits per heavy atom. The number of imidazole rings is 2. The fraction of sp³-hybridized carbons (Fsp3) is 0.488. The summed E-state index contributed by atoms with van der Waals surface area (Å²) in [6, 6.07) is 6.58. The van der Waals surface area contributed by atoms with Gasteiger partial charge < -0.3 is 49.3 Å². The maximum atomic E-state index is 15.9. The van der Waals surface area contributed by atoms with Crippen molar-refractivity contribution in [1.82, 2.24) is 40.4 Å². The molecule has 16 nitrogen and oxygen atoms in total. The minimum Gasteiger partial charge on any atom is -0.457 e. The van der Waals surface area contributed by atoms with Crippen LogP contribution in [0.15, 0.2) is 42.7 Å². The van der Waals surface area contributed by atoms with Gasteiger partial charge in [-0.15, -0.1) is 0 Å². The monoisotopic (exact) mass is 828 g/mol. The molecule has 2 fully saturated rings. The van der Waals surface area contributed by atoms with Gasteiger partial charge in [-0.25, -0.2) is 23.9 Å². The molecule has 5 heterocycles. The summed E-state index contributed by atoms with van der Waals surface area (Å²) in [5.74, 6) is 1.30. The molecule has 4 amide bonds. The highest BCUT2D eigenvalue weighted by Crippen LogP contribution is 2.42. The van der Waals surface area contributed by atoms with Crippen LogP contribution >= 0.6 is 0 Å². The third-order valence-corrected chi connectivity index (χ3v) is 12.0. The molecule has 0 unspecified atom stereocenters. The Morgan fingerprint density at radius 2 is 1.40 bits per heavy atom. The first-order chi connectivity index (χ1) is 29.0. The zero-order valence-electron chi connectivity index (χ0n) is 34.8.